The van der Waals surface area contributed by atoms with E-state index in [0.29, 0.717) is 0 Å². The van der Waals surface area contributed by atoms with Crippen LogP contribution in [0.25, 0.3) is 60.2 Å². The molecule has 9 aromatic rings. The minimum atomic E-state index is -0.0983. The fraction of sp³-hybridized carbons (Fsp3) is 0.0638. The quantitative estimate of drug-likeness (QED) is 0.189. The van der Waals surface area contributed by atoms with Crippen molar-refractivity contribution in [2.45, 2.75) is 19.3 Å². The maximum Gasteiger partial charge on any atom is 0.0626 e. The molecule has 0 fully saturated rings. The van der Waals surface area contributed by atoms with Gasteiger partial charge in [0.2, 0.25) is 0 Å². The lowest BCUT2D eigenvalue weighted by Gasteiger charge is -2.35. The topological polar surface area (TPSA) is 8.17 Å². The summed E-state index contributed by atoms with van der Waals surface area (Å²) in [5.74, 6) is 0. The molecule has 0 aliphatic heterocycles. The zero-order valence-corrected chi connectivity index (χ0v) is 27.6. The van der Waals surface area contributed by atoms with Gasteiger partial charge in [-0.15, -0.1) is 0 Å². The number of anilines is 3. The number of benzene rings is 8. The van der Waals surface area contributed by atoms with Crippen LogP contribution in [0, 0.1) is 0 Å². The van der Waals surface area contributed by atoms with Crippen molar-refractivity contribution in [2.24, 2.45) is 0 Å². The Morgan fingerprint density at radius 2 is 1.12 bits per heavy atom. The SMILES string of the molecule is CC1(C)c2ccccc2-c2c3c1cccc3cc1c3ccccc3n(-c3ccc(N(c4ccccc4)c4ccc5ccccc5c4)cc3)c21. The van der Waals surface area contributed by atoms with Gasteiger partial charge in [-0.1, -0.05) is 123 Å². The molecule has 0 saturated carbocycles. The van der Waals surface area contributed by atoms with Gasteiger partial charge in [-0.05, 0) is 98.9 Å². The van der Waals surface area contributed by atoms with E-state index in [4.69, 9.17) is 0 Å². The van der Waals surface area contributed by atoms with Gasteiger partial charge in [0.15, 0.2) is 0 Å². The molecule has 0 atom stereocenters. The monoisotopic (exact) mass is 626 g/mol. The molecule has 0 N–H and O–H groups in total. The summed E-state index contributed by atoms with van der Waals surface area (Å²) in [5, 5.41) is 7.70. The summed E-state index contributed by atoms with van der Waals surface area (Å²) in [6, 6.07) is 62.3. The highest BCUT2D eigenvalue weighted by atomic mass is 15.1. The fourth-order valence-corrected chi connectivity index (χ4v) is 8.43. The summed E-state index contributed by atoms with van der Waals surface area (Å²) in [4.78, 5) is 2.35. The van der Waals surface area contributed by atoms with Crippen LogP contribution < -0.4 is 4.90 Å². The Morgan fingerprint density at radius 3 is 1.98 bits per heavy atom. The molecular formula is C47H34N2. The fourth-order valence-electron chi connectivity index (χ4n) is 8.43. The van der Waals surface area contributed by atoms with Crippen LogP contribution in [0.15, 0.2) is 170 Å². The van der Waals surface area contributed by atoms with Crippen LogP contribution in [0.2, 0.25) is 0 Å². The summed E-state index contributed by atoms with van der Waals surface area (Å²) < 4.78 is 2.50. The van der Waals surface area contributed by atoms with Crippen molar-refractivity contribution in [3.63, 3.8) is 0 Å². The van der Waals surface area contributed by atoms with E-state index in [1.54, 1.807) is 0 Å². The minimum Gasteiger partial charge on any atom is -0.310 e. The predicted molar refractivity (Wildman–Crippen MR) is 208 cm³/mol. The van der Waals surface area contributed by atoms with E-state index in [0.717, 1.165) is 22.7 Å². The van der Waals surface area contributed by atoms with Gasteiger partial charge in [0.1, 0.15) is 0 Å². The Kier molecular flexibility index (Phi) is 5.95. The number of fused-ring (bicyclic) bond motifs is 7. The molecule has 1 aliphatic carbocycles. The molecule has 0 radical (unpaired) electrons. The van der Waals surface area contributed by atoms with Crippen LogP contribution in [0.5, 0.6) is 0 Å². The Labute approximate surface area is 286 Å². The molecule has 2 heteroatoms. The highest BCUT2D eigenvalue weighted by Gasteiger charge is 2.35. The van der Waals surface area contributed by atoms with Gasteiger partial charge in [-0.3, -0.25) is 0 Å². The van der Waals surface area contributed by atoms with Gasteiger partial charge in [0.25, 0.3) is 0 Å². The molecule has 2 nitrogen and oxygen atoms in total. The third kappa shape index (κ3) is 4.07. The Balaban J connectivity index is 1.23. The van der Waals surface area contributed by atoms with Crippen molar-refractivity contribution in [3.8, 4) is 16.8 Å². The number of para-hydroxylation sites is 2. The zero-order chi connectivity index (χ0) is 32.7. The first-order chi connectivity index (χ1) is 24.1. The van der Waals surface area contributed by atoms with E-state index in [9.17, 15) is 0 Å². The largest absolute Gasteiger partial charge is 0.310 e. The molecule has 0 saturated heterocycles. The van der Waals surface area contributed by atoms with Crippen molar-refractivity contribution in [1.29, 1.82) is 0 Å². The lowest BCUT2D eigenvalue weighted by molar-refractivity contribution is 0.645. The van der Waals surface area contributed by atoms with Crippen molar-refractivity contribution in [2.75, 3.05) is 4.90 Å². The Morgan fingerprint density at radius 1 is 0.469 bits per heavy atom. The Bertz CT molecular complexity index is 2730. The van der Waals surface area contributed by atoms with Crippen LogP contribution in [0.3, 0.4) is 0 Å². The standard InChI is InChI=1S/C47H34N2/c1-47(2)41-20-10-8-19-39(41)45-44-33(15-12-21-42(44)47)30-40-38-18-9-11-22-43(38)49(46(40)45)36-27-25-35(26-28-36)48(34-16-4-3-5-17-34)37-24-23-31-13-6-7-14-32(31)29-37/h3-30H,1-2H3. The van der Waals surface area contributed by atoms with Gasteiger partial charge < -0.3 is 9.47 Å². The number of rotatable bonds is 4. The lowest BCUT2D eigenvalue weighted by Crippen LogP contribution is -2.23. The number of aromatic nitrogens is 1. The average molecular weight is 627 g/mol. The van der Waals surface area contributed by atoms with Crippen LogP contribution in [-0.4, -0.2) is 4.57 Å². The molecule has 0 spiro atoms. The summed E-state index contributed by atoms with van der Waals surface area (Å²) in [6.07, 6.45) is 0. The van der Waals surface area contributed by atoms with E-state index < -0.39 is 0 Å². The van der Waals surface area contributed by atoms with Crippen molar-refractivity contribution in [3.05, 3.63) is 181 Å². The van der Waals surface area contributed by atoms with E-state index in [-0.39, 0.29) is 5.41 Å². The highest BCUT2D eigenvalue weighted by Crippen LogP contribution is 2.52. The van der Waals surface area contributed by atoms with Crippen LogP contribution in [0.1, 0.15) is 25.0 Å². The maximum atomic E-state index is 2.50. The molecule has 10 rings (SSSR count). The molecule has 1 heterocycles. The van der Waals surface area contributed by atoms with Crippen LogP contribution in [0.4, 0.5) is 17.1 Å². The highest BCUT2D eigenvalue weighted by molar-refractivity contribution is 6.23. The molecule has 1 aliphatic rings. The maximum absolute atomic E-state index is 2.50. The molecular weight excluding hydrogens is 593 g/mol. The van der Waals surface area contributed by atoms with Crippen LogP contribution >= 0.6 is 0 Å². The number of hydrogen-bond acceptors (Lipinski definition) is 1. The second kappa shape index (κ2) is 10.4. The van der Waals surface area contributed by atoms with E-state index >= 15 is 0 Å². The van der Waals surface area contributed by atoms with Gasteiger partial charge >= 0.3 is 0 Å². The third-order valence-electron chi connectivity index (χ3n) is 10.7. The predicted octanol–water partition coefficient (Wildman–Crippen LogP) is 12.9. The first-order valence-electron chi connectivity index (χ1n) is 17.1. The van der Waals surface area contributed by atoms with Gasteiger partial charge in [0.05, 0.1) is 11.0 Å². The Hall–Kier alpha value is -6.12. The summed E-state index contributed by atoms with van der Waals surface area (Å²) in [7, 11) is 0. The first kappa shape index (κ1) is 27.9. The summed E-state index contributed by atoms with van der Waals surface area (Å²) >= 11 is 0. The molecule has 8 aromatic carbocycles. The van der Waals surface area contributed by atoms with Gasteiger partial charge in [-0.2, -0.15) is 0 Å². The smallest absolute Gasteiger partial charge is 0.0626 e. The van der Waals surface area contributed by atoms with Gasteiger partial charge in [-0.25, -0.2) is 0 Å². The number of hydrogen-bond donors (Lipinski definition) is 0. The van der Waals surface area contributed by atoms with E-state index in [2.05, 4.69) is 193 Å². The summed E-state index contributed by atoms with van der Waals surface area (Å²) in [6.45, 7) is 4.74. The lowest BCUT2D eigenvalue weighted by atomic mass is 9.68. The van der Waals surface area contributed by atoms with Crippen molar-refractivity contribution < 1.29 is 0 Å². The summed E-state index contributed by atoms with van der Waals surface area (Å²) in [5.41, 5.74) is 12.4. The van der Waals surface area contributed by atoms with Crippen molar-refractivity contribution in [1.82, 2.24) is 4.57 Å². The second-order valence-corrected chi connectivity index (χ2v) is 13.8. The van der Waals surface area contributed by atoms with E-state index in [1.807, 2.05) is 0 Å². The molecule has 1 aromatic heterocycles. The second-order valence-electron chi connectivity index (χ2n) is 13.8. The molecule has 0 amide bonds. The normalized spacial score (nSPS) is 13.3. The molecule has 0 unspecified atom stereocenters. The van der Waals surface area contributed by atoms with E-state index in [1.165, 1.54) is 65.6 Å². The molecule has 0 bridgehead atoms. The third-order valence-corrected chi connectivity index (χ3v) is 10.7. The zero-order valence-electron chi connectivity index (χ0n) is 27.6. The first-order valence-corrected chi connectivity index (χ1v) is 17.1. The average Bonchev–Trinajstić information content (AvgIpc) is 3.48. The number of nitrogens with zero attached hydrogens (tertiary/aromatic N) is 2. The van der Waals surface area contributed by atoms with Gasteiger partial charge in [0, 0.05) is 44.5 Å². The molecule has 232 valence electrons. The minimum absolute atomic E-state index is 0.0983. The molecule has 49 heavy (non-hydrogen) atoms. The van der Waals surface area contributed by atoms with Crippen LogP contribution in [-0.2, 0) is 5.41 Å². The van der Waals surface area contributed by atoms with Crippen molar-refractivity contribution >= 4 is 60.4 Å².